The smallest absolute Gasteiger partial charge is 0.260 e. The molecule has 0 unspecified atom stereocenters. The Labute approximate surface area is 190 Å². The number of aliphatic hydroxyl groups is 2. The number of amides is 1. The van der Waals surface area contributed by atoms with Crippen molar-refractivity contribution in [1.29, 1.82) is 0 Å². The summed E-state index contributed by atoms with van der Waals surface area (Å²) >= 11 is 1.58. The van der Waals surface area contributed by atoms with Crippen molar-refractivity contribution in [1.82, 2.24) is 9.97 Å². The van der Waals surface area contributed by atoms with E-state index in [0.717, 1.165) is 40.9 Å². The molecule has 0 bridgehead atoms. The average molecular weight is 458 g/mol. The van der Waals surface area contributed by atoms with Crippen molar-refractivity contribution < 1.29 is 19.4 Å². The summed E-state index contributed by atoms with van der Waals surface area (Å²) in [7, 11) is 0. The largest absolute Gasteiger partial charge is 0.396 e. The Morgan fingerprint density at radius 3 is 2.59 bits per heavy atom. The molecular weight excluding hydrogens is 429 g/mol. The van der Waals surface area contributed by atoms with Crippen LogP contribution in [0.15, 0.2) is 24.4 Å². The lowest BCUT2D eigenvalue weighted by molar-refractivity contribution is 0.0794. The van der Waals surface area contributed by atoms with E-state index in [1.807, 2.05) is 0 Å². The van der Waals surface area contributed by atoms with Gasteiger partial charge in [-0.05, 0) is 70.6 Å². The number of carbonyl (C=O) groups excluding carboxylic acids is 1. The van der Waals surface area contributed by atoms with E-state index in [1.54, 1.807) is 44.2 Å². The highest BCUT2D eigenvalue weighted by Gasteiger charge is 2.27. The number of hydrogen-bond acceptors (Lipinski definition) is 6. The molecule has 1 aliphatic carbocycles. The van der Waals surface area contributed by atoms with Gasteiger partial charge in [0.1, 0.15) is 5.82 Å². The quantitative estimate of drug-likeness (QED) is 0.507. The average Bonchev–Trinajstić information content (AvgIpc) is 3.15. The van der Waals surface area contributed by atoms with Gasteiger partial charge in [-0.2, -0.15) is 0 Å². The Hall–Kier alpha value is -2.42. The lowest BCUT2D eigenvalue weighted by Crippen LogP contribution is -2.21. The molecule has 3 N–H and O–H groups in total. The maximum atomic E-state index is 14.3. The van der Waals surface area contributed by atoms with Crippen molar-refractivity contribution in [2.24, 2.45) is 5.92 Å². The second-order valence-corrected chi connectivity index (χ2v) is 10.2. The molecule has 0 aliphatic heterocycles. The number of thiazole rings is 1. The molecule has 170 valence electrons. The maximum Gasteiger partial charge on any atom is 0.260 e. The molecule has 32 heavy (non-hydrogen) atoms. The van der Waals surface area contributed by atoms with Gasteiger partial charge in [0, 0.05) is 35.7 Å². The molecule has 0 saturated heterocycles. The number of carbonyl (C=O) groups is 1. The minimum Gasteiger partial charge on any atom is -0.396 e. The van der Waals surface area contributed by atoms with Crippen LogP contribution < -0.4 is 5.32 Å². The molecule has 2 heterocycles. The predicted octanol–water partition coefficient (Wildman–Crippen LogP) is 4.88. The zero-order valence-electron chi connectivity index (χ0n) is 18.5. The lowest BCUT2D eigenvalue weighted by Gasteiger charge is -2.25. The van der Waals surface area contributed by atoms with E-state index >= 15 is 0 Å². The fourth-order valence-electron chi connectivity index (χ4n) is 4.25. The highest BCUT2D eigenvalue weighted by Crippen LogP contribution is 2.41. The van der Waals surface area contributed by atoms with Crippen molar-refractivity contribution >= 4 is 33.1 Å². The van der Waals surface area contributed by atoms with Crippen LogP contribution in [0.3, 0.4) is 0 Å². The molecule has 1 fully saturated rings. The number of hydrogen-bond donors (Lipinski definition) is 3. The number of nitrogens with zero attached hydrogens (tertiary/aromatic N) is 2. The molecule has 1 amide bonds. The first-order chi connectivity index (χ1) is 15.2. The van der Waals surface area contributed by atoms with E-state index in [2.05, 4.69) is 10.3 Å². The van der Waals surface area contributed by atoms with Crippen molar-refractivity contribution in [3.63, 3.8) is 0 Å². The number of nitrogens with one attached hydrogen (secondary N) is 1. The number of aliphatic hydroxyl groups excluding tert-OH is 1. The summed E-state index contributed by atoms with van der Waals surface area (Å²) in [6.07, 6.45) is 5.18. The highest BCUT2D eigenvalue weighted by molar-refractivity contribution is 7.18. The first-order valence-electron chi connectivity index (χ1n) is 10.9. The Bertz CT molecular complexity index is 1150. The van der Waals surface area contributed by atoms with Gasteiger partial charge in [-0.1, -0.05) is 0 Å². The summed E-state index contributed by atoms with van der Waals surface area (Å²) in [6.45, 7) is 5.17. The second-order valence-electron chi connectivity index (χ2n) is 9.14. The van der Waals surface area contributed by atoms with Crippen molar-refractivity contribution in [2.75, 3.05) is 11.9 Å². The van der Waals surface area contributed by atoms with Gasteiger partial charge in [0.2, 0.25) is 0 Å². The van der Waals surface area contributed by atoms with Gasteiger partial charge in [-0.15, -0.1) is 11.3 Å². The van der Waals surface area contributed by atoms with Crippen LogP contribution in [0.5, 0.6) is 0 Å². The monoisotopic (exact) mass is 457 g/mol. The molecule has 1 aromatic carbocycles. The molecule has 0 radical (unpaired) electrons. The third-order valence-corrected chi connectivity index (χ3v) is 7.32. The third-order valence-electron chi connectivity index (χ3n) is 6.14. The van der Waals surface area contributed by atoms with Gasteiger partial charge in [-0.25, -0.2) is 9.37 Å². The predicted molar refractivity (Wildman–Crippen MR) is 124 cm³/mol. The van der Waals surface area contributed by atoms with Gasteiger partial charge < -0.3 is 15.5 Å². The van der Waals surface area contributed by atoms with E-state index < -0.39 is 17.3 Å². The summed E-state index contributed by atoms with van der Waals surface area (Å²) in [5, 5.41) is 23.9. The van der Waals surface area contributed by atoms with E-state index in [0.29, 0.717) is 28.8 Å². The van der Waals surface area contributed by atoms with Crippen LogP contribution in [0.1, 0.15) is 72.1 Å². The zero-order valence-corrected chi connectivity index (χ0v) is 19.3. The second kappa shape index (κ2) is 8.84. The first-order valence-corrected chi connectivity index (χ1v) is 11.7. The zero-order chi connectivity index (χ0) is 23.0. The van der Waals surface area contributed by atoms with Crippen LogP contribution in [-0.2, 0) is 5.60 Å². The standard InChI is InChI=1S/C24H28FN3O3S/c1-13-8-18(25)16(11-26-13)22(30)27-19-10-21-20(9-17(19)24(2,3)31)28-23(32-21)15-6-4-14(12-29)5-7-15/h8-11,14-15,29,31H,4-7,12H2,1-3H3,(H,27,30). The third kappa shape index (κ3) is 4.67. The number of fused-ring (bicyclic) bond motifs is 1. The molecular formula is C24H28FN3O3S. The fourth-order valence-corrected chi connectivity index (χ4v) is 5.41. The Kier molecular flexibility index (Phi) is 6.29. The molecule has 8 heteroatoms. The van der Waals surface area contributed by atoms with Gasteiger partial charge in [0.15, 0.2) is 0 Å². The highest BCUT2D eigenvalue weighted by atomic mass is 32.1. The molecule has 0 spiro atoms. The number of rotatable bonds is 5. The Morgan fingerprint density at radius 2 is 1.97 bits per heavy atom. The lowest BCUT2D eigenvalue weighted by atomic mass is 9.83. The maximum absolute atomic E-state index is 14.3. The van der Waals surface area contributed by atoms with Crippen molar-refractivity contribution in [3.8, 4) is 0 Å². The number of pyridine rings is 1. The van der Waals surface area contributed by atoms with Crippen LogP contribution in [0.25, 0.3) is 10.2 Å². The Balaban J connectivity index is 1.67. The summed E-state index contributed by atoms with van der Waals surface area (Å²) < 4.78 is 15.2. The molecule has 4 rings (SSSR count). The van der Waals surface area contributed by atoms with Gasteiger partial charge in [-0.3, -0.25) is 9.78 Å². The van der Waals surface area contributed by atoms with Crippen LogP contribution in [0, 0.1) is 18.7 Å². The number of anilines is 1. The minimum atomic E-state index is -1.23. The number of halogens is 1. The number of benzene rings is 1. The number of aryl methyl sites for hydroxylation is 1. The van der Waals surface area contributed by atoms with E-state index in [9.17, 15) is 19.4 Å². The van der Waals surface area contributed by atoms with Crippen LogP contribution in [-0.4, -0.2) is 32.7 Å². The normalized spacial score (nSPS) is 19.3. The molecule has 3 aromatic rings. The van der Waals surface area contributed by atoms with E-state index in [1.165, 1.54) is 12.3 Å². The summed E-state index contributed by atoms with van der Waals surface area (Å²) in [6, 6.07) is 4.82. The minimum absolute atomic E-state index is 0.150. The van der Waals surface area contributed by atoms with E-state index in [-0.39, 0.29) is 12.2 Å². The van der Waals surface area contributed by atoms with Gasteiger partial charge in [0.25, 0.3) is 5.91 Å². The molecule has 6 nitrogen and oxygen atoms in total. The Morgan fingerprint density at radius 1 is 1.25 bits per heavy atom. The van der Waals surface area contributed by atoms with Gasteiger partial charge in [0.05, 0.1) is 26.4 Å². The first kappa shape index (κ1) is 22.8. The fraction of sp³-hybridized carbons (Fsp3) is 0.458. The molecule has 0 atom stereocenters. The van der Waals surface area contributed by atoms with Crippen LogP contribution >= 0.6 is 11.3 Å². The number of aromatic nitrogens is 2. The molecule has 2 aromatic heterocycles. The van der Waals surface area contributed by atoms with Crippen molar-refractivity contribution in [2.45, 2.75) is 58.0 Å². The van der Waals surface area contributed by atoms with Crippen LogP contribution in [0.2, 0.25) is 0 Å². The van der Waals surface area contributed by atoms with E-state index in [4.69, 9.17) is 4.98 Å². The topological polar surface area (TPSA) is 95.3 Å². The summed E-state index contributed by atoms with van der Waals surface area (Å²) in [4.78, 5) is 21.6. The SMILES string of the molecule is Cc1cc(F)c(C(=O)Nc2cc3sc(C4CCC(CO)CC4)nc3cc2C(C)(C)O)cn1. The molecule has 1 saturated carbocycles. The summed E-state index contributed by atoms with van der Waals surface area (Å²) in [5.41, 5.74) is 0.816. The molecule has 1 aliphatic rings. The van der Waals surface area contributed by atoms with Crippen molar-refractivity contribution in [3.05, 3.63) is 52.0 Å². The summed E-state index contributed by atoms with van der Waals surface area (Å²) in [5.74, 6) is -0.529. The van der Waals surface area contributed by atoms with Gasteiger partial charge >= 0.3 is 0 Å². The van der Waals surface area contributed by atoms with Crippen LogP contribution in [0.4, 0.5) is 10.1 Å².